The first-order valence-electron chi connectivity index (χ1n) is 7.55. The topological polar surface area (TPSA) is 61.3 Å². The van der Waals surface area contributed by atoms with Crippen LogP contribution in [-0.4, -0.2) is 41.3 Å². The maximum absolute atomic E-state index is 9.66. The third-order valence-electron chi connectivity index (χ3n) is 4.22. The predicted octanol–water partition coefficient (Wildman–Crippen LogP) is 1.99. The average Bonchev–Trinajstić information content (AvgIpc) is 2.81. The van der Waals surface area contributed by atoms with Crippen LogP contribution in [0.25, 0.3) is 0 Å². The average molecular weight is 278 g/mol. The van der Waals surface area contributed by atoms with Crippen molar-refractivity contribution in [2.24, 2.45) is 5.92 Å². The second kappa shape index (κ2) is 6.39. The molecule has 0 spiro atoms. The summed E-state index contributed by atoms with van der Waals surface area (Å²) in [5, 5.41) is 12.8. The van der Waals surface area contributed by atoms with Gasteiger partial charge in [0, 0.05) is 25.6 Å². The molecule has 2 heterocycles. The fourth-order valence-corrected chi connectivity index (χ4v) is 2.96. The molecule has 1 aliphatic heterocycles. The monoisotopic (exact) mass is 278 g/mol. The number of nitrogens with zero attached hydrogens (tertiary/aromatic N) is 3. The van der Waals surface area contributed by atoms with Gasteiger partial charge in [-0.3, -0.25) is 0 Å². The largest absolute Gasteiger partial charge is 0.394 e. The molecule has 0 radical (unpaired) electrons. The lowest BCUT2D eigenvalue weighted by molar-refractivity contribution is 0.244. The maximum atomic E-state index is 9.66. The molecule has 2 atom stereocenters. The number of hydrogen-bond acceptors (Lipinski definition) is 5. The Morgan fingerprint density at radius 2 is 2.15 bits per heavy atom. The quantitative estimate of drug-likeness (QED) is 0.862. The van der Waals surface area contributed by atoms with E-state index in [-0.39, 0.29) is 12.6 Å². The Hall–Kier alpha value is -1.36. The van der Waals surface area contributed by atoms with E-state index in [1.807, 2.05) is 14.0 Å². The maximum Gasteiger partial charge on any atom is 0.137 e. The van der Waals surface area contributed by atoms with Crippen LogP contribution in [0.4, 0.5) is 11.6 Å². The number of nitrogens with one attached hydrogen (secondary N) is 1. The molecule has 1 aromatic heterocycles. The Morgan fingerprint density at radius 1 is 1.40 bits per heavy atom. The van der Waals surface area contributed by atoms with E-state index < -0.39 is 0 Å². The third-order valence-corrected chi connectivity index (χ3v) is 4.22. The van der Waals surface area contributed by atoms with Crippen LogP contribution in [0.1, 0.15) is 38.1 Å². The van der Waals surface area contributed by atoms with Crippen molar-refractivity contribution in [2.75, 3.05) is 30.4 Å². The van der Waals surface area contributed by atoms with E-state index in [1.165, 1.54) is 0 Å². The number of aliphatic hydroxyl groups is 1. The first-order chi connectivity index (χ1) is 9.62. The second-order valence-electron chi connectivity index (χ2n) is 5.65. The van der Waals surface area contributed by atoms with Gasteiger partial charge in [-0.2, -0.15) is 0 Å². The number of anilines is 2. The molecule has 20 heavy (non-hydrogen) atoms. The molecular formula is C15H26N4O. The van der Waals surface area contributed by atoms with Gasteiger partial charge in [0.05, 0.1) is 12.6 Å². The van der Waals surface area contributed by atoms with Crippen molar-refractivity contribution in [3.8, 4) is 0 Å². The Labute approximate surface area is 121 Å². The second-order valence-corrected chi connectivity index (χ2v) is 5.65. The van der Waals surface area contributed by atoms with Gasteiger partial charge in [-0.25, -0.2) is 9.97 Å². The molecule has 1 aliphatic rings. The highest BCUT2D eigenvalue weighted by atomic mass is 16.3. The molecule has 2 N–H and O–H groups in total. The van der Waals surface area contributed by atoms with Crippen LogP contribution in [-0.2, 0) is 6.42 Å². The standard InChI is InChI=1S/C15H26N4O/c1-5-6-13-17-14(16-4)11(3)15(18-13)19-8-7-10(2)12(19)9-20/h10,12,20H,5-9H2,1-4H3,(H,16,17,18). The van der Waals surface area contributed by atoms with Gasteiger partial charge < -0.3 is 15.3 Å². The lowest BCUT2D eigenvalue weighted by Gasteiger charge is -2.28. The van der Waals surface area contributed by atoms with Crippen LogP contribution < -0.4 is 10.2 Å². The van der Waals surface area contributed by atoms with Gasteiger partial charge in [0.15, 0.2) is 0 Å². The summed E-state index contributed by atoms with van der Waals surface area (Å²) in [5.74, 6) is 3.27. The molecule has 1 saturated heterocycles. The van der Waals surface area contributed by atoms with E-state index in [2.05, 4.69) is 29.0 Å². The van der Waals surface area contributed by atoms with Crippen LogP contribution in [0.15, 0.2) is 0 Å². The van der Waals surface area contributed by atoms with E-state index >= 15 is 0 Å². The zero-order valence-electron chi connectivity index (χ0n) is 13.0. The lowest BCUT2D eigenvalue weighted by atomic mass is 10.0. The number of aliphatic hydroxyl groups excluding tert-OH is 1. The molecule has 2 rings (SSSR count). The summed E-state index contributed by atoms with van der Waals surface area (Å²) >= 11 is 0. The minimum Gasteiger partial charge on any atom is -0.394 e. The molecule has 1 fully saturated rings. The molecule has 112 valence electrons. The summed E-state index contributed by atoms with van der Waals surface area (Å²) in [7, 11) is 1.89. The molecule has 0 amide bonds. The SMILES string of the molecule is CCCc1nc(NC)c(C)c(N2CCC(C)C2CO)n1. The molecule has 1 aromatic rings. The van der Waals surface area contributed by atoms with E-state index in [9.17, 15) is 5.11 Å². The zero-order chi connectivity index (χ0) is 14.7. The van der Waals surface area contributed by atoms with E-state index in [0.717, 1.165) is 48.8 Å². The molecule has 0 saturated carbocycles. The van der Waals surface area contributed by atoms with Crippen molar-refractivity contribution in [1.82, 2.24) is 9.97 Å². The Kier molecular flexibility index (Phi) is 4.81. The van der Waals surface area contributed by atoms with Crippen molar-refractivity contribution in [3.63, 3.8) is 0 Å². The van der Waals surface area contributed by atoms with Crippen molar-refractivity contribution in [2.45, 2.75) is 46.1 Å². The number of aryl methyl sites for hydroxylation is 1. The van der Waals surface area contributed by atoms with Gasteiger partial charge in [-0.15, -0.1) is 0 Å². The molecule has 5 nitrogen and oxygen atoms in total. The van der Waals surface area contributed by atoms with Crippen LogP contribution in [0.3, 0.4) is 0 Å². The van der Waals surface area contributed by atoms with E-state index in [4.69, 9.17) is 4.98 Å². The molecule has 5 heteroatoms. The van der Waals surface area contributed by atoms with Crippen molar-refractivity contribution >= 4 is 11.6 Å². The fraction of sp³-hybridized carbons (Fsp3) is 0.733. The van der Waals surface area contributed by atoms with Crippen LogP contribution in [0, 0.1) is 12.8 Å². The number of hydrogen-bond donors (Lipinski definition) is 2. The molecule has 0 aromatic carbocycles. The van der Waals surface area contributed by atoms with Gasteiger partial charge in [0.2, 0.25) is 0 Å². The normalized spacial score (nSPS) is 22.4. The Morgan fingerprint density at radius 3 is 2.75 bits per heavy atom. The van der Waals surface area contributed by atoms with E-state index in [1.54, 1.807) is 0 Å². The highest BCUT2D eigenvalue weighted by molar-refractivity contribution is 5.59. The van der Waals surface area contributed by atoms with Gasteiger partial charge >= 0.3 is 0 Å². The first kappa shape index (κ1) is 15.0. The Balaban J connectivity index is 2.41. The molecule has 0 aliphatic carbocycles. The van der Waals surface area contributed by atoms with Gasteiger partial charge in [-0.1, -0.05) is 13.8 Å². The smallest absolute Gasteiger partial charge is 0.137 e. The first-order valence-corrected chi connectivity index (χ1v) is 7.55. The number of aromatic nitrogens is 2. The van der Waals surface area contributed by atoms with Gasteiger partial charge in [-0.05, 0) is 25.7 Å². The molecule has 2 unspecified atom stereocenters. The van der Waals surface area contributed by atoms with Crippen LogP contribution >= 0.6 is 0 Å². The third kappa shape index (κ3) is 2.73. The summed E-state index contributed by atoms with van der Waals surface area (Å²) < 4.78 is 0. The summed E-state index contributed by atoms with van der Waals surface area (Å²) in [5.41, 5.74) is 1.07. The van der Waals surface area contributed by atoms with Gasteiger partial charge in [0.25, 0.3) is 0 Å². The lowest BCUT2D eigenvalue weighted by Crippen LogP contribution is -2.36. The van der Waals surface area contributed by atoms with Gasteiger partial charge in [0.1, 0.15) is 17.5 Å². The van der Waals surface area contributed by atoms with E-state index in [0.29, 0.717) is 5.92 Å². The van der Waals surface area contributed by atoms with Crippen LogP contribution in [0.2, 0.25) is 0 Å². The van der Waals surface area contributed by atoms with Crippen molar-refractivity contribution in [1.29, 1.82) is 0 Å². The van der Waals surface area contributed by atoms with Crippen molar-refractivity contribution < 1.29 is 5.11 Å². The van der Waals surface area contributed by atoms with Crippen LogP contribution in [0.5, 0.6) is 0 Å². The summed E-state index contributed by atoms with van der Waals surface area (Å²) in [4.78, 5) is 11.6. The molecular weight excluding hydrogens is 252 g/mol. The highest BCUT2D eigenvalue weighted by Crippen LogP contribution is 2.32. The highest BCUT2D eigenvalue weighted by Gasteiger charge is 2.33. The number of rotatable bonds is 5. The summed E-state index contributed by atoms with van der Waals surface area (Å²) in [6.07, 6.45) is 3.02. The zero-order valence-corrected chi connectivity index (χ0v) is 13.0. The fourth-order valence-electron chi connectivity index (χ4n) is 2.96. The molecule has 0 bridgehead atoms. The van der Waals surface area contributed by atoms with Crippen molar-refractivity contribution in [3.05, 3.63) is 11.4 Å². The summed E-state index contributed by atoms with van der Waals surface area (Å²) in [6, 6.07) is 0.169. The predicted molar refractivity (Wildman–Crippen MR) is 82.3 cm³/mol. The minimum atomic E-state index is 0.169. The minimum absolute atomic E-state index is 0.169. The Bertz CT molecular complexity index is 463. The summed E-state index contributed by atoms with van der Waals surface area (Å²) in [6.45, 7) is 7.52.